The molecule has 3 nitrogen and oxygen atoms in total. The number of rotatable bonds is 3. The number of furan rings is 1. The van der Waals surface area contributed by atoms with Crippen LogP contribution in [0.15, 0.2) is 22.8 Å². The van der Waals surface area contributed by atoms with E-state index in [0.29, 0.717) is 13.0 Å². The van der Waals surface area contributed by atoms with E-state index in [0.717, 1.165) is 12.2 Å². The zero-order valence-electron chi connectivity index (χ0n) is 8.23. The number of ketones is 1. The van der Waals surface area contributed by atoms with Crippen LogP contribution in [0.5, 0.6) is 0 Å². The van der Waals surface area contributed by atoms with Crippen molar-refractivity contribution in [2.75, 3.05) is 6.61 Å². The fourth-order valence-electron chi connectivity index (χ4n) is 1.87. The first-order chi connectivity index (χ1) is 6.77. The average Bonchev–Trinajstić information content (AvgIpc) is 2.75. The Hall–Kier alpha value is -1.09. The van der Waals surface area contributed by atoms with Crippen LogP contribution in [0.1, 0.15) is 19.1 Å². The van der Waals surface area contributed by atoms with Crippen molar-refractivity contribution in [1.29, 1.82) is 0 Å². The number of carbonyl (C=O) groups is 1. The highest BCUT2D eigenvalue weighted by Gasteiger charge is 2.30. The van der Waals surface area contributed by atoms with E-state index in [4.69, 9.17) is 9.15 Å². The third kappa shape index (κ3) is 1.87. The summed E-state index contributed by atoms with van der Waals surface area (Å²) in [4.78, 5) is 11.8. The number of Topliss-reactive ketones (excluding diaryl/α,β-unsaturated/α-hetero) is 1. The lowest BCUT2D eigenvalue weighted by atomic mass is 9.95. The van der Waals surface area contributed by atoms with Gasteiger partial charge in [-0.05, 0) is 25.5 Å². The second-order valence-electron chi connectivity index (χ2n) is 3.69. The summed E-state index contributed by atoms with van der Waals surface area (Å²) < 4.78 is 10.5. The molecule has 2 unspecified atom stereocenters. The van der Waals surface area contributed by atoms with E-state index in [1.54, 1.807) is 12.3 Å². The summed E-state index contributed by atoms with van der Waals surface area (Å²) in [5.74, 6) is 1.03. The third-order valence-electron chi connectivity index (χ3n) is 2.72. The fraction of sp³-hybridized carbons (Fsp3) is 0.545. The number of carbonyl (C=O) groups excluding carboxylic acids is 1. The lowest BCUT2D eigenvalue weighted by Crippen LogP contribution is -2.22. The van der Waals surface area contributed by atoms with E-state index in [2.05, 4.69) is 0 Å². The normalized spacial score (nSPS) is 26.6. The molecule has 2 atom stereocenters. The summed E-state index contributed by atoms with van der Waals surface area (Å²) in [6.45, 7) is 2.66. The molecule has 1 aliphatic rings. The maximum absolute atomic E-state index is 11.8. The monoisotopic (exact) mass is 194 g/mol. The van der Waals surface area contributed by atoms with Gasteiger partial charge in [-0.15, -0.1) is 0 Å². The molecule has 2 rings (SSSR count). The summed E-state index contributed by atoms with van der Waals surface area (Å²) in [5.41, 5.74) is 0. The molecular formula is C11H14O3. The SMILES string of the molecule is CC1OCCC1C(=O)Cc1ccco1. The second-order valence-corrected chi connectivity index (χ2v) is 3.69. The molecule has 14 heavy (non-hydrogen) atoms. The third-order valence-corrected chi connectivity index (χ3v) is 2.72. The van der Waals surface area contributed by atoms with Crippen molar-refractivity contribution in [3.8, 4) is 0 Å². The van der Waals surface area contributed by atoms with Crippen molar-refractivity contribution < 1.29 is 13.9 Å². The maximum atomic E-state index is 11.8. The molecule has 0 radical (unpaired) electrons. The quantitative estimate of drug-likeness (QED) is 0.736. The lowest BCUT2D eigenvalue weighted by molar-refractivity contribution is -0.123. The number of hydrogen-bond acceptors (Lipinski definition) is 3. The minimum atomic E-state index is 0.0556. The molecule has 76 valence electrons. The molecule has 2 heterocycles. The van der Waals surface area contributed by atoms with E-state index in [1.807, 2.05) is 13.0 Å². The first kappa shape index (κ1) is 9.46. The molecule has 0 spiro atoms. The van der Waals surface area contributed by atoms with Gasteiger partial charge in [0.2, 0.25) is 0 Å². The Labute approximate surface area is 83.0 Å². The Morgan fingerprint density at radius 2 is 2.50 bits per heavy atom. The van der Waals surface area contributed by atoms with Gasteiger partial charge >= 0.3 is 0 Å². The summed E-state index contributed by atoms with van der Waals surface area (Å²) in [6.07, 6.45) is 2.90. The molecule has 1 aromatic heterocycles. The van der Waals surface area contributed by atoms with Crippen LogP contribution in [0.2, 0.25) is 0 Å². The molecule has 0 bridgehead atoms. The average molecular weight is 194 g/mol. The van der Waals surface area contributed by atoms with Gasteiger partial charge in [0.05, 0.1) is 18.8 Å². The Morgan fingerprint density at radius 1 is 1.64 bits per heavy atom. The van der Waals surface area contributed by atoms with E-state index in [-0.39, 0.29) is 17.8 Å². The summed E-state index contributed by atoms with van der Waals surface area (Å²) in [5, 5.41) is 0. The van der Waals surface area contributed by atoms with E-state index >= 15 is 0 Å². The predicted molar refractivity (Wildman–Crippen MR) is 50.9 cm³/mol. The van der Waals surface area contributed by atoms with Gasteiger partial charge in [0.15, 0.2) is 0 Å². The minimum Gasteiger partial charge on any atom is -0.469 e. The van der Waals surface area contributed by atoms with Gasteiger partial charge in [-0.25, -0.2) is 0 Å². The molecule has 1 aliphatic heterocycles. The highest BCUT2D eigenvalue weighted by atomic mass is 16.5. The molecule has 3 heteroatoms. The lowest BCUT2D eigenvalue weighted by Gasteiger charge is -2.11. The zero-order valence-corrected chi connectivity index (χ0v) is 8.23. The van der Waals surface area contributed by atoms with Crippen LogP contribution in [0.4, 0.5) is 0 Å². The van der Waals surface area contributed by atoms with Gasteiger partial charge in [0.25, 0.3) is 0 Å². The summed E-state index contributed by atoms with van der Waals surface area (Å²) >= 11 is 0. The Morgan fingerprint density at radius 3 is 3.07 bits per heavy atom. The zero-order chi connectivity index (χ0) is 9.97. The van der Waals surface area contributed by atoms with Crippen LogP contribution in [0, 0.1) is 5.92 Å². The van der Waals surface area contributed by atoms with Crippen LogP contribution >= 0.6 is 0 Å². The minimum absolute atomic E-state index is 0.0556. The van der Waals surface area contributed by atoms with Crippen molar-refractivity contribution in [2.45, 2.75) is 25.9 Å². The van der Waals surface area contributed by atoms with Crippen molar-refractivity contribution >= 4 is 5.78 Å². The van der Waals surface area contributed by atoms with Crippen molar-refractivity contribution in [3.63, 3.8) is 0 Å². The van der Waals surface area contributed by atoms with Gasteiger partial charge in [-0.2, -0.15) is 0 Å². The van der Waals surface area contributed by atoms with Gasteiger partial charge in [0.1, 0.15) is 11.5 Å². The van der Waals surface area contributed by atoms with Gasteiger partial charge in [0, 0.05) is 12.5 Å². The highest BCUT2D eigenvalue weighted by Crippen LogP contribution is 2.22. The van der Waals surface area contributed by atoms with Crippen LogP contribution in [-0.4, -0.2) is 18.5 Å². The number of hydrogen-bond donors (Lipinski definition) is 0. The van der Waals surface area contributed by atoms with Gasteiger partial charge < -0.3 is 9.15 Å². The molecule has 0 aliphatic carbocycles. The van der Waals surface area contributed by atoms with Crippen LogP contribution in [-0.2, 0) is 16.0 Å². The molecule has 0 N–H and O–H groups in total. The van der Waals surface area contributed by atoms with Crippen LogP contribution < -0.4 is 0 Å². The Bertz CT molecular complexity index is 302. The molecule has 0 saturated carbocycles. The maximum Gasteiger partial charge on any atom is 0.146 e. The standard InChI is InChI=1S/C11H14O3/c1-8-10(4-6-13-8)11(12)7-9-3-2-5-14-9/h2-3,5,8,10H,4,6-7H2,1H3. The molecule has 1 saturated heterocycles. The largest absolute Gasteiger partial charge is 0.469 e. The van der Waals surface area contributed by atoms with Crippen molar-refractivity contribution in [3.05, 3.63) is 24.2 Å². The molecule has 0 aromatic carbocycles. The first-order valence-electron chi connectivity index (χ1n) is 4.94. The van der Waals surface area contributed by atoms with Crippen molar-refractivity contribution in [1.82, 2.24) is 0 Å². The number of ether oxygens (including phenoxy) is 1. The summed E-state index contributed by atoms with van der Waals surface area (Å²) in [7, 11) is 0. The van der Waals surface area contributed by atoms with Crippen LogP contribution in [0.3, 0.4) is 0 Å². The van der Waals surface area contributed by atoms with E-state index in [1.165, 1.54) is 0 Å². The predicted octanol–water partition coefficient (Wildman–Crippen LogP) is 1.82. The highest BCUT2D eigenvalue weighted by molar-refractivity contribution is 5.83. The van der Waals surface area contributed by atoms with Crippen molar-refractivity contribution in [2.24, 2.45) is 5.92 Å². The first-order valence-corrected chi connectivity index (χ1v) is 4.94. The van der Waals surface area contributed by atoms with E-state index < -0.39 is 0 Å². The van der Waals surface area contributed by atoms with Crippen LogP contribution in [0.25, 0.3) is 0 Å². The molecular weight excluding hydrogens is 180 g/mol. The molecule has 1 fully saturated rings. The second kappa shape index (κ2) is 3.96. The molecule has 1 aromatic rings. The Balaban J connectivity index is 1.95. The smallest absolute Gasteiger partial charge is 0.146 e. The Kier molecular flexibility index (Phi) is 2.68. The van der Waals surface area contributed by atoms with E-state index in [9.17, 15) is 4.79 Å². The molecule has 0 amide bonds. The van der Waals surface area contributed by atoms with Gasteiger partial charge in [-0.1, -0.05) is 0 Å². The van der Waals surface area contributed by atoms with Gasteiger partial charge in [-0.3, -0.25) is 4.79 Å². The topological polar surface area (TPSA) is 39.4 Å². The fourth-order valence-corrected chi connectivity index (χ4v) is 1.87. The summed E-state index contributed by atoms with van der Waals surface area (Å²) in [6, 6.07) is 3.63.